The van der Waals surface area contributed by atoms with Crippen molar-refractivity contribution in [2.75, 3.05) is 10.5 Å². The van der Waals surface area contributed by atoms with Gasteiger partial charge < -0.3 is 10.8 Å². The number of anilines is 2. The first-order chi connectivity index (χ1) is 9.42. The second kappa shape index (κ2) is 5.11. The van der Waals surface area contributed by atoms with Crippen LogP contribution in [0.2, 0.25) is 0 Å². The predicted octanol–water partition coefficient (Wildman–Crippen LogP) is 1.65. The Morgan fingerprint density at radius 3 is 2.35 bits per heavy atom. The third-order valence-electron chi connectivity index (χ3n) is 2.58. The minimum atomic E-state index is -3.80. The van der Waals surface area contributed by atoms with Crippen molar-refractivity contribution in [2.24, 2.45) is 0 Å². The Hall–Kier alpha value is -2.72. The molecule has 0 heterocycles. The summed E-state index contributed by atoms with van der Waals surface area (Å²) < 4.78 is 26.6. The first-order valence-corrected chi connectivity index (χ1v) is 7.02. The smallest absolute Gasteiger partial charge is 0.261 e. The average molecular weight is 289 g/mol. The second-order valence-corrected chi connectivity index (χ2v) is 5.70. The van der Waals surface area contributed by atoms with E-state index in [1.165, 1.54) is 42.5 Å². The van der Waals surface area contributed by atoms with Gasteiger partial charge in [-0.05, 0) is 42.5 Å². The van der Waals surface area contributed by atoms with Gasteiger partial charge in [-0.3, -0.25) is 4.72 Å². The van der Waals surface area contributed by atoms with Crippen LogP contribution in [0.4, 0.5) is 11.4 Å². The Kier molecular flexibility index (Phi) is 3.50. The second-order valence-electron chi connectivity index (χ2n) is 4.02. The van der Waals surface area contributed by atoms with Crippen LogP contribution in [0.25, 0.3) is 0 Å². The number of hydrogen-bond acceptors (Lipinski definition) is 5. The van der Waals surface area contributed by atoms with Crippen LogP contribution in [0.1, 0.15) is 5.56 Å². The molecule has 0 fully saturated rings. The zero-order valence-electron chi connectivity index (χ0n) is 10.2. The summed E-state index contributed by atoms with van der Waals surface area (Å²) in [5.74, 6) is -0.178. The third kappa shape index (κ3) is 2.81. The maximum absolute atomic E-state index is 12.1. The van der Waals surface area contributed by atoms with Gasteiger partial charge in [0.2, 0.25) is 0 Å². The average Bonchev–Trinajstić information content (AvgIpc) is 2.42. The van der Waals surface area contributed by atoms with E-state index in [1.807, 2.05) is 6.07 Å². The van der Waals surface area contributed by atoms with E-state index < -0.39 is 10.0 Å². The summed E-state index contributed by atoms with van der Waals surface area (Å²) in [6, 6.07) is 11.5. The Balaban J connectivity index is 2.30. The molecule has 2 aromatic rings. The highest BCUT2D eigenvalue weighted by Gasteiger charge is 2.15. The van der Waals surface area contributed by atoms with Crippen LogP contribution in [-0.2, 0) is 10.0 Å². The lowest BCUT2D eigenvalue weighted by atomic mass is 10.2. The standard InChI is InChI=1S/C13H11N3O3S/c14-8-9-1-3-10(4-2-9)16-20(18,19)11-5-6-13(17)12(15)7-11/h1-7,16-17H,15H2. The molecule has 102 valence electrons. The molecule has 6 nitrogen and oxygen atoms in total. The van der Waals surface area contributed by atoms with Crippen LogP contribution in [0, 0.1) is 11.3 Å². The number of sulfonamides is 1. The van der Waals surface area contributed by atoms with Crippen molar-refractivity contribution in [1.82, 2.24) is 0 Å². The summed E-state index contributed by atoms with van der Waals surface area (Å²) in [5.41, 5.74) is 6.21. The van der Waals surface area contributed by atoms with Crippen LogP contribution in [0.15, 0.2) is 47.4 Å². The van der Waals surface area contributed by atoms with E-state index in [2.05, 4.69) is 4.72 Å². The number of nitrogens with two attached hydrogens (primary N) is 1. The van der Waals surface area contributed by atoms with Crippen LogP contribution in [0.5, 0.6) is 5.75 Å². The van der Waals surface area contributed by atoms with Gasteiger partial charge in [-0.25, -0.2) is 8.42 Å². The lowest BCUT2D eigenvalue weighted by Gasteiger charge is -2.09. The fourth-order valence-corrected chi connectivity index (χ4v) is 2.62. The van der Waals surface area contributed by atoms with Crippen molar-refractivity contribution < 1.29 is 13.5 Å². The zero-order valence-corrected chi connectivity index (χ0v) is 11.1. The van der Waals surface area contributed by atoms with Crippen molar-refractivity contribution in [3.63, 3.8) is 0 Å². The molecule has 4 N–H and O–H groups in total. The topological polar surface area (TPSA) is 116 Å². The normalized spacial score (nSPS) is 10.8. The number of nitrogens with one attached hydrogen (secondary N) is 1. The molecule has 0 amide bonds. The summed E-state index contributed by atoms with van der Waals surface area (Å²) in [5, 5.41) is 18.0. The highest BCUT2D eigenvalue weighted by molar-refractivity contribution is 7.92. The van der Waals surface area contributed by atoms with Crippen LogP contribution in [0.3, 0.4) is 0 Å². The Labute approximate surface area is 116 Å². The number of benzene rings is 2. The van der Waals surface area contributed by atoms with Crippen molar-refractivity contribution in [3.05, 3.63) is 48.0 Å². The van der Waals surface area contributed by atoms with E-state index >= 15 is 0 Å². The van der Waals surface area contributed by atoms with Crippen LogP contribution >= 0.6 is 0 Å². The molecule has 0 aliphatic rings. The van der Waals surface area contributed by atoms with Gasteiger partial charge in [-0.15, -0.1) is 0 Å². The number of phenols is 1. The van der Waals surface area contributed by atoms with E-state index in [9.17, 15) is 13.5 Å². The Bertz CT molecular complexity index is 777. The summed E-state index contributed by atoms with van der Waals surface area (Å²) >= 11 is 0. The largest absolute Gasteiger partial charge is 0.506 e. The molecular weight excluding hydrogens is 278 g/mol. The van der Waals surface area contributed by atoms with Gasteiger partial charge >= 0.3 is 0 Å². The monoisotopic (exact) mass is 289 g/mol. The molecule has 0 bridgehead atoms. The Morgan fingerprint density at radius 2 is 1.80 bits per heavy atom. The van der Waals surface area contributed by atoms with Crippen molar-refractivity contribution >= 4 is 21.4 Å². The van der Waals surface area contributed by atoms with Crippen LogP contribution in [-0.4, -0.2) is 13.5 Å². The molecule has 0 spiro atoms. The minimum Gasteiger partial charge on any atom is -0.506 e. The molecule has 2 aromatic carbocycles. The first kappa shape index (κ1) is 13.7. The number of nitrogens with zero attached hydrogens (tertiary/aromatic N) is 1. The number of nitriles is 1. The first-order valence-electron chi connectivity index (χ1n) is 5.54. The van der Waals surface area contributed by atoms with E-state index in [0.29, 0.717) is 11.3 Å². The van der Waals surface area contributed by atoms with Crippen molar-refractivity contribution in [2.45, 2.75) is 4.90 Å². The van der Waals surface area contributed by atoms with Gasteiger partial charge in [0.05, 0.1) is 22.2 Å². The fraction of sp³-hybridized carbons (Fsp3) is 0. The summed E-state index contributed by atoms with van der Waals surface area (Å²) in [6.07, 6.45) is 0. The SMILES string of the molecule is N#Cc1ccc(NS(=O)(=O)c2ccc(O)c(N)c2)cc1. The Morgan fingerprint density at radius 1 is 1.15 bits per heavy atom. The van der Waals surface area contributed by atoms with E-state index in [0.717, 1.165) is 0 Å². The number of phenolic OH excluding ortho intramolecular Hbond substituents is 1. The lowest BCUT2D eigenvalue weighted by Crippen LogP contribution is -2.13. The summed E-state index contributed by atoms with van der Waals surface area (Å²) in [7, 11) is -3.80. The van der Waals surface area contributed by atoms with E-state index in [1.54, 1.807) is 0 Å². The highest BCUT2D eigenvalue weighted by Crippen LogP contribution is 2.24. The molecule has 20 heavy (non-hydrogen) atoms. The lowest BCUT2D eigenvalue weighted by molar-refractivity contribution is 0.477. The van der Waals surface area contributed by atoms with Gasteiger partial charge in [-0.2, -0.15) is 5.26 Å². The van der Waals surface area contributed by atoms with Gasteiger partial charge in [0, 0.05) is 5.69 Å². The maximum atomic E-state index is 12.1. The fourth-order valence-electron chi connectivity index (χ4n) is 1.53. The van der Waals surface area contributed by atoms with Gasteiger partial charge in [0.25, 0.3) is 10.0 Å². The zero-order chi connectivity index (χ0) is 14.8. The highest BCUT2D eigenvalue weighted by atomic mass is 32.2. The van der Waals surface area contributed by atoms with Gasteiger partial charge in [0.15, 0.2) is 0 Å². The molecule has 0 aliphatic heterocycles. The number of rotatable bonds is 3. The number of aromatic hydroxyl groups is 1. The molecule has 0 radical (unpaired) electrons. The molecule has 0 saturated carbocycles. The van der Waals surface area contributed by atoms with E-state index in [4.69, 9.17) is 11.0 Å². The quantitative estimate of drug-likeness (QED) is 0.586. The summed E-state index contributed by atoms with van der Waals surface area (Å²) in [4.78, 5) is -0.0582. The molecule has 0 saturated heterocycles. The molecule has 0 aromatic heterocycles. The molecule has 2 rings (SSSR count). The number of nitrogen functional groups attached to an aromatic ring is 1. The van der Waals surface area contributed by atoms with Crippen molar-refractivity contribution in [3.8, 4) is 11.8 Å². The third-order valence-corrected chi connectivity index (χ3v) is 3.95. The van der Waals surface area contributed by atoms with Crippen molar-refractivity contribution in [1.29, 1.82) is 5.26 Å². The van der Waals surface area contributed by atoms with Gasteiger partial charge in [0.1, 0.15) is 5.75 Å². The maximum Gasteiger partial charge on any atom is 0.261 e. The molecule has 0 unspecified atom stereocenters. The summed E-state index contributed by atoms with van der Waals surface area (Å²) in [6.45, 7) is 0. The van der Waals surface area contributed by atoms with E-state index in [-0.39, 0.29) is 16.3 Å². The van der Waals surface area contributed by atoms with Gasteiger partial charge in [-0.1, -0.05) is 0 Å². The predicted molar refractivity (Wildman–Crippen MR) is 74.5 cm³/mol. The number of hydrogen-bond donors (Lipinski definition) is 3. The molecule has 0 atom stereocenters. The molecule has 0 aliphatic carbocycles. The van der Waals surface area contributed by atoms with Crippen LogP contribution < -0.4 is 10.5 Å². The molecular formula is C13H11N3O3S. The minimum absolute atomic E-state index is 0.0206. The molecule has 7 heteroatoms.